The molecule has 6 heteroatoms. The molecule has 0 fully saturated rings. The van der Waals surface area contributed by atoms with Crippen molar-refractivity contribution in [2.24, 2.45) is 5.41 Å². The molecule has 204 valence electrons. The molecule has 0 aromatic heterocycles. The molecule has 1 aliphatic carbocycles. The van der Waals surface area contributed by atoms with Crippen molar-refractivity contribution in [2.45, 2.75) is 131 Å². The van der Waals surface area contributed by atoms with Crippen LogP contribution in [0.3, 0.4) is 0 Å². The maximum atomic E-state index is 12.7. The number of allylic oxidation sites excluding steroid dienone is 2. The smallest absolute Gasteiger partial charge is 0.192 e. The molecule has 1 aromatic carbocycles. The topological polar surface area (TPSA) is 61.5 Å². The molecule has 2 unspecified atom stereocenters. The quantitative estimate of drug-likeness (QED) is 0.281. The van der Waals surface area contributed by atoms with Gasteiger partial charge in [-0.25, -0.2) is 0 Å². The second kappa shape index (κ2) is 10.2. The molecular weight excluding hydrogens is 479 g/mol. The van der Waals surface area contributed by atoms with Gasteiger partial charge in [-0.2, -0.15) is 0 Å². The number of carbonyl (C=O) groups excluding carboxylic acids is 1. The van der Waals surface area contributed by atoms with E-state index in [1.54, 1.807) is 0 Å². The summed E-state index contributed by atoms with van der Waals surface area (Å²) in [6, 6.07) is 4.09. The number of anilines is 1. The van der Waals surface area contributed by atoms with E-state index in [4.69, 9.17) is 14.6 Å². The van der Waals surface area contributed by atoms with E-state index in [2.05, 4.69) is 101 Å². The molecule has 0 spiro atoms. The zero-order chi connectivity index (χ0) is 28.1. The van der Waals surface area contributed by atoms with Crippen molar-refractivity contribution < 1.29 is 13.6 Å². The summed E-state index contributed by atoms with van der Waals surface area (Å²) in [5.41, 5.74) is 11.6. The lowest BCUT2D eigenvalue weighted by atomic mass is 9.73. The summed E-state index contributed by atoms with van der Waals surface area (Å²) >= 11 is 0. The largest absolute Gasteiger partial charge is 0.410 e. The Labute approximate surface area is 223 Å². The Morgan fingerprint density at radius 1 is 0.833 bits per heavy atom. The molecule has 1 aromatic rings. The number of carbonyl (C=O) groups is 1. The van der Waals surface area contributed by atoms with Crippen LogP contribution in [0.4, 0.5) is 5.69 Å². The molecule has 0 saturated heterocycles. The van der Waals surface area contributed by atoms with Crippen LogP contribution in [0.25, 0.3) is 5.57 Å². The van der Waals surface area contributed by atoms with Crippen molar-refractivity contribution in [1.82, 2.24) is 0 Å². The van der Waals surface area contributed by atoms with Crippen molar-refractivity contribution in [3.63, 3.8) is 0 Å². The van der Waals surface area contributed by atoms with E-state index in [1.807, 2.05) is 12.1 Å². The predicted octanol–water partition coefficient (Wildman–Crippen LogP) is 9.21. The van der Waals surface area contributed by atoms with E-state index < -0.39 is 16.6 Å². The van der Waals surface area contributed by atoms with Gasteiger partial charge in [0.25, 0.3) is 0 Å². The number of hydrogen-bond acceptors (Lipinski definition) is 4. The fraction of sp³-hybridized carbons (Fsp3) is 0.700. The van der Waals surface area contributed by atoms with Crippen LogP contribution in [-0.4, -0.2) is 22.4 Å². The van der Waals surface area contributed by atoms with Crippen LogP contribution >= 0.6 is 0 Å². The van der Waals surface area contributed by atoms with Gasteiger partial charge < -0.3 is 14.6 Å². The van der Waals surface area contributed by atoms with Crippen LogP contribution in [0.5, 0.6) is 0 Å². The van der Waals surface area contributed by atoms with Gasteiger partial charge in [-0.3, -0.25) is 4.79 Å². The van der Waals surface area contributed by atoms with Gasteiger partial charge >= 0.3 is 0 Å². The van der Waals surface area contributed by atoms with Crippen molar-refractivity contribution in [3.05, 3.63) is 34.9 Å². The number of rotatable bonds is 7. The summed E-state index contributed by atoms with van der Waals surface area (Å²) in [7, 11) is -4.13. The summed E-state index contributed by atoms with van der Waals surface area (Å²) in [6.45, 7) is 31.3. The molecular formula is C30H53NO3Si2. The first kappa shape index (κ1) is 31.0. The SMILES string of the molecule is CC(O[Si](C)(C)C(C)(C)C)c1c(N)ccc(C2=CC(=O)CC(C)(C)C2)c1C(C)O[Si](C)(C)C(C)(C)C. The number of hydrogen-bond donors (Lipinski definition) is 1. The van der Waals surface area contributed by atoms with Gasteiger partial charge in [-0.05, 0) is 90.8 Å². The van der Waals surface area contributed by atoms with Crippen molar-refractivity contribution in [3.8, 4) is 0 Å². The molecule has 36 heavy (non-hydrogen) atoms. The van der Waals surface area contributed by atoms with Gasteiger partial charge in [0.2, 0.25) is 0 Å². The van der Waals surface area contributed by atoms with Crippen LogP contribution in [0.2, 0.25) is 36.3 Å². The summed E-state index contributed by atoms with van der Waals surface area (Å²) in [4.78, 5) is 12.7. The summed E-state index contributed by atoms with van der Waals surface area (Å²) < 4.78 is 13.9. The zero-order valence-corrected chi connectivity index (χ0v) is 27.6. The average Bonchev–Trinajstić information content (AvgIpc) is 2.63. The molecule has 1 aliphatic rings. The molecule has 2 rings (SSSR count). The highest BCUT2D eigenvalue weighted by atomic mass is 28.4. The highest BCUT2D eigenvalue weighted by Gasteiger charge is 2.42. The highest BCUT2D eigenvalue weighted by molar-refractivity contribution is 6.74. The Bertz CT molecular complexity index is 1010. The minimum Gasteiger partial charge on any atom is -0.410 e. The van der Waals surface area contributed by atoms with E-state index in [0.717, 1.165) is 34.4 Å². The van der Waals surface area contributed by atoms with Gasteiger partial charge in [0.15, 0.2) is 22.4 Å². The minimum absolute atomic E-state index is 0.0766. The average molecular weight is 532 g/mol. The van der Waals surface area contributed by atoms with Crippen LogP contribution in [0, 0.1) is 5.41 Å². The first-order valence-electron chi connectivity index (χ1n) is 13.5. The van der Waals surface area contributed by atoms with E-state index in [1.165, 1.54) is 0 Å². The third kappa shape index (κ3) is 6.80. The lowest BCUT2D eigenvalue weighted by Gasteiger charge is -2.41. The standard InChI is InChI=1S/C30H53NO3Si2/c1-20(33-35(11,12)28(3,4)5)26-24(22-17-23(32)19-30(9,10)18-22)15-16-25(31)27(26)21(2)34-36(13,14)29(6,7)8/h15-17,20-21H,18-19,31H2,1-14H3. The van der Waals surface area contributed by atoms with Gasteiger partial charge in [0.05, 0.1) is 12.2 Å². The van der Waals surface area contributed by atoms with Crippen LogP contribution in [-0.2, 0) is 13.6 Å². The molecule has 4 nitrogen and oxygen atoms in total. The molecule has 0 saturated carbocycles. The first-order chi connectivity index (χ1) is 16.0. The van der Waals surface area contributed by atoms with Gasteiger partial charge in [0, 0.05) is 17.7 Å². The second-order valence-corrected chi connectivity index (χ2v) is 24.2. The Kier molecular flexibility index (Phi) is 8.75. The lowest BCUT2D eigenvalue weighted by molar-refractivity contribution is -0.116. The molecule has 0 aliphatic heterocycles. The Morgan fingerprint density at radius 2 is 1.28 bits per heavy atom. The lowest BCUT2D eigenvalue weighted by Crippen LogP contribution is -2.42. The van der Waals surface area contributed by atoms with Gasteiger partial charge in [-0.1, -0.05) is 61.5 Å². The van der Waals surface area contributed by atoms with Gasteiger partial charge in [0.1, 0.15) is 0 Å². The minimum atomic E-state index is -2.08. The number of nitrogens with two attached hydrogens (primary N) is 1. The van der Waals surface area contributed by atoms with Crippen LogP contribution < -0.4 is 5.73 Å². The third-order valence-corrected chi connectivity index (χ3v) is 17.8. The second-order valence-electron chi connectivity index (χ2n) is 14.7. The maximum Gasteiger partial charge on any atom is 0.192 e. The molecule has 0 amide bonds. The highest BCUT2D eigenvalue weighted by Crippen LogP contribution is 2.48. The number of ketones is 1. The maximum absolute atomic E-state index is 12.7. The Morgan fingerprint density at radius 3 is 1.69 bits per heavy atom. The first-order valence-corrected chi connectivity index (χ1v) is 19.3. The third-order valence-electron chi connectivity index (χ3n) is 8.69. The van der Waals surface area contributed by atoms with Crippen molar-refractivity contribution >= 4 is 33.7 Å². The number of benzene rings is 1. The summed E-state index contributed by atoms with van der Waals surface area (Å²) in [5, 5.41) is 0.159. The monoisotopic (exact) mass is 531 g/mol. The molecule has 0 bridgehead atoms. The van der Waals surface area contributed by atoms with E-state index in [-0.39, 0.29) is 33.5 Å². The molecule has 2 atom stereocenters. The summed E-state index contributed by atoms with van der Waals surface area (Å²) in [5.74, 6) is 0.189. The Balaban J connectivity index is 2.76. The molecule has 0 heterocycles. The fourth-order valence-electron chi connectivity index (χ4n) is 4.70. The Hall–Kier alpha value is -1.22. The predicted molar refractivity (Wildman–Crippen MR) is 160 cm³/mol. The zero-order valence-electron chi connectivity index (χ0n) is 25.6. The van der Waals surface area contributed by atoms with Gasteiger partial charge in [-0.15, -0.1) is 0 Å². The number of nitrogen functional groups attached to an aromatic ring is 1. The van der Waals surface area contributed by atoms with Crippen LogP contribution in [0.1, 0.15) is 111 Å². The fourth-order valence-corrected chi connectivity index (χ4v) is 7.41. The van der Waals surface area contributed by atoms with Crippen molar-refractivity contribution in [2.75, 3.05) is 5.73 Å². The molecule has 0 radical (unpaired) electrons. The van der Waals surface area contributed by atoms with Crippen LogP contribution in [0.15, 0.2) is 18.2 Å². The summed E-state index contributed by atoms with van der Waals surface area (Å²) in [6.07, 6.45) is 2.92. The van der Waals surface area contributed by atoms with Crippen molar-refractivity contribution in [1.29, 1.82) is 0 Å². The van der Waals surface area contributed by atoms with E-state index in [0.29, 0.717) is 6.42 Å². The normalized spacial score (nSPS) is 19.2. The molecule has 2 N–H and O–H groups in total. The van der Waals surface area contributed by atoms with E-state index in [9.17, 15) is 4.79 Å². The van der Waals surface area contributed by atoms with E-state index >= 15 is 0 Å².